The SMILES string of the molecule is COc1cc([C@H]2OCC3C2CO[C@@H]3c2cc(OC)c(OC)c(OC)c2)cc(OC)c1OC. The highest BCUT2D eigenvalue weighted by atomic mass is 16.5. The molecule has 0 aromatic heterocycles. The van der Waals surface area contributed by atoms with Crippen LogP contribution in [0.2, 0.25) is 0 Å². The summed E-state index contributed by atoms with van der Waals surface area (Å²) in [4.78, 5) is 0. The van der Waals surface area contributed by atoms with Crippen molar-refractivity contribution in [1.82, 2.24) is 0 Å². The van der Waals surface area contributed by atoms with E-state index in [4.69, 9.17) is 37.9 Å². The van der Waals surface area contributed by atoms with E-state index in [9.17, 15) is 0 Å². The molecule has 4 rings (SSSR count). The third kappa shape index (κ3) is 3.67. The van der Waals surface area contributed by atoms with E-state index in [2.05, 4.69) is 0 Å². The van der Waals surface area contributed by atoms with Crippen LogP contribution in [0.4, 0.5) is 0 Å². The van der Waals surface area contributed by atoms with E-state index in [-0.39, 0.29) is 24.0 Å². The Labute approximate surface area is 188 Å². The summed E-state index contributed by atoms with van der Waals surface area (Å²) in [5.41, 5.74) is 1.95. The van der Waals surface area contributed by atoms with Gasteiger partial charge in [0.05, 0.1) is 68.1 Å². The first-order valence-corrected chi connectivity index (χ1v) is 10.4. The summed E-state index contributed by atoms with van der Waals surface area (Å²) in [6, 6.07) is 7.78. The first kappa shape index (κ1) is 22.4. The fourth-order valence-electron chi connectivity index (χ4n) is 4.77. The molecule has 0 aliphatic carbocycles. The molecule has 2 aliphatic heterocycles. The maximum Gasteiger partial charge on any atom is 0.203 e. The average Bonchev–Trinajstić information content (AvgIpc) is 3.44. The van der Waals surface area contributed by atoms with Gasteiger partial charge < -0.3 is 37.9 Å². The molecular weight excluding hydrogens is 416 g/mol. The van der Waals surface area contributed by atoms with E-state index in [0.29, 0.717) is 47.7 Å². The largest absolute Gasteiger partial charge is 0.493 e. The Hall–Kier alpha value is -2.84. The summed E-state index contributed by atoms with van der Waals surface area (Å²) in [6.45, 7) is 1.15. The van der Waals surface area contributed by atoms with Crippen LogP contribution in [0.25, 0.3) is 0 Å². The first-order valence-electron chi connectivity index (χ1n) is 10.4. The predicted molar refractivity (Wildman–Crippen MR) is 117 cm³/mol. The fourth-order valence-corrected chi connectivity index (χ4v) is 4.77. The fraction of sp³-hybridized carbons (Fsp3) is 0.500. The minimum absolute atomic E-state index is 0.138. The number of rotatable bonds is 8. The number of methoxy groups -OCH3 is 6. The van der Waals surface area contributed by atoms with Crippen LogP contribution in [-0.2, 0) is 9.47 Å². The smallest absolute Gasteiger partial charge is 0.203 e. The van der Waals surface area contributed by atoms with Crippen LogP contribution < -0.4 is 28.4 Å². The topological polar surface area (TPSA) is 73.8 Å². The second-order valence-electron chi connectivity index (χ2n) is 7.75. The molecule has 0 spiro atoms. The molecule has 0 N–H and O–H groups in total. The second kappa shape index (κ2) is 9.34. The van der Waals surface area contributed by atoms with Crippen molar-refractivity contribution in [1.29, 1.82) is 0 Å². The highest BCUT2D eigenvalue weighted by Crippen LogP contribution is 2.53. The van der Waals surface area contributed by atoms with Crippen LogP contribution in [-0.4, -0.2) is 55.9 Å². The minimum atomic E-state index is -0.138. The van der Waals surface area contributed by atoms with Crippen LogP contribution in [0.5, 0.6) is 34.5 Å². The van der Waals surface area contributed by atoms with E-state index in [1.165, 1.54) is 0 Å². The number of benzene rings is 2. The molecule has 0 amide bonds. The van der Waals surface area contributed by atoms with Gasteiger partial charge in [0.15, 0.2) is 23.0 Å². The maximum absolute atomic E-state index is 6.27. The zero-order chi connectivity index (χ0) is 22.8. The van der Waals surface area contributed by atoms with Gasteiger partial charge in [-0.2, -0.15) is 0 Å². The molecule has 2 fully saturated rings. The van der Waals surface area contributed by atoms with Gasteiger partial charge in [-0.25, -0.2) is 0 Å². The first-order chi connectivity index (χ1) is 15.6. The minimum Gasteiger partial charge on any atom is -0.493 e. The molecule has 2 saturated heterocycles. The lowest BCUT2D eigenvalue weighted by molar-refractivity contribution is 0.0190. The van der Waals surface area contributed by atoms with Crippen molar-refractivity contribution in [3.8, 4) is 34.5 Å². The Morgan fingerprint density at radius 1 is 0.531 bits per heavy atom. The summed E-state index contributed by atoms with van der Waals surface area (Å²) >= 11 is 0. The molecule has 0 radical (unpaired) electrons. The van der Waals surface area contributed by atoms with Gasteiger partial charge in [-0.05, 0) is 35.4 Å². The Morgan fingerprint density at radius 3 is 1.09 bits per heavy atom. The lowest BCUT2D eigenvalue weighted by Gasteiger charge is -2.20. The Kier molecular flexibility index (Phi) is 6.53. The molecule has 0 saturated carbocycles. The van der Waals surface area contributed by atoms with Crippen LogP contribution in [0.15, 0.2) is 24.3 Å². The predicted octanol–water partition coefficient (Wildman–Crippen LogP) is 3.81. The summed E-state index contributed by atoms with van der Waals surface area (Å²) < 4.78 is 45.5. The standard InChI is InChI=1S/C24H30O8/c1-25-17-7-13(8-18(26-2)23(17)29-5)21-15-11-32-22(16(15)12-31-21)14-9-19(27-3)24(30-6)20(10-14)28-4/h7-10,15-16,21-22H,11-12H2,1-6H3/t15?,16?,21-,22-/m1/s1. The molecule has 2 aromatic rings. The lowest BCUT2D eigenvalue weighted by Crippen LogP contribution is -2.15. The van der Waals surface area contributed by atoms with Gasteiger partial charge in [-0.15, -0.1) is 0 Å². The molecular formula is C24H30O8. The third-order valence-electron chi connectivity index (χ3n) is 6.30. The van der Waals surface area contributed by atoms with Crippen LogP contribution in [0.3, 0.4) is 0 Å². The van der Waals surface area contributed by atoms with Gasteiger partial charge in [0, 0.05) is 11.8 Å². The molecule has 2 aromatic carbocycles. The molecule has 2 heterocycles. The maximum atomic E-state index is 6.27. The van der Waals surface area contributed by atoms with Gasteiger partial charge in [-0.1, -0.05) is 0 Å². The number of hydrogen-bond acceptors (Lipinski definition) is 8. The van der Waals surface area contributed by atoms with Crippen molar-refractivity contribution in [2.24, 2.45) is 11.8 Å². The average molecular weight is 446 g/mol. The van der Waals surface area contributed by atoms with Gasteiger partial charge in [0.25, 0.3) is 0 Å². The number of ether oxygens (including phenoxy) is 8. The van der Waals surface area contributed by atoms with E-state index >= 15 is 0 Å². The van der Waals surface area contributed by atoms with E-state index in [1.807, 2.05) is 24.3 Å². The zero-order valence-corrected chi connectivity index (χ0v) is 19.3. The Balaban J connectivity index is 1.64. The molecule has 0 bridgehead atoms. The molecule has 8 nitrogen and oxygen atoms in total. The quantitative estimate of drug-likeness (QED) is 0.606. The van der Waals surface area contributed by atoms with Crippen molar-refractivity contribution >= 4 is 0 Å². The zero-order valence-electron chi connectivity index (χ0n) is 19.3. The highest BCUT2D eigenvalue weighted by molar-refractivity contribution is 5.55. The third-order valence-corrected chi connectivity index (χ3v) is 6.30. The van der Waals surface area contributed by atoms with Crippen LogP contribution >= 0.6 is 0 Å². The summed E-state index contributed by atoms with van der Waals surface area (Å²) in [6.07, 6.45) is -0.276. The molecule has 4 atom stereocenters. The van der Waals surface area contributed by atoms with E-state index in [1.54, 1.807) is 42.7 Å². The van der Waals surface area contributed by atoms with Crippen molar-refractivity contribution < 1.29 is 37.9 Å². The monoisotopic (exact) mass is 446 g/mol. The number of fused-ring (bicyclic) bond motifs is 1. The summed E-state index contributed by atoms with van der Waals surface area (Å²) in [5, 5.41) is 0. The number of hydrogen-bond donors (Lipinski definition) is 0. The van der Waals surface area contributed by atoms with Gasteiger partial charge in [0.1, 0.15) is 0 Å². The van der Waals surface area contributed by atoms with Gasteiger partial charge in [0.2, 0.25) is 11.5 Å². The van der Waals surface area contributed by atoms with Crippen molar-refractivity contribution in [3.63, 3.8) is 0 Å². The molecule has 32 heavy (non-hydrogen) atoms. The Morgan fingerprint density at radius 2 is 0.844 bits per heavy atom. The summed E-state index contributed by atoms with van der Waals surface area (Å²) in [5.74, 6) is 3.91. The molecule has 2 aliphatic rings. The van der Waals surface area contributed by atoms with Crippen molar-refractivity contribution in [3.05, 3.63) is 35.4 Å². The molecule has 2 unspecified atom stereocenters. The lowest BCUT2D eigenvalue weighted by atomic mass is 9.84. The molecule has 8 heteroatoms. The van der Waals surface area contributed by atoms with Crippen molar-refractivity contribution in [2.45, 2.75) is 12.2 Å². The van der Waals surface area contributed by atoms with Crippen LogP contribution in [0, 0.1) is 11.8 Å². The van der Waals surface area contributed by atoms with Crippen molar-refractivity contribution in [2.75, 3.05) is 55.9 Å². The highest BCUT2D eigenvalue weighted by Gasteiger charge is 2.48. The van der Waals surface area contributed by atoms with Gasteiger partial charge >= 0.3 is 0 Å². The molecule has 174 valence electrons. The van der Waals surface area contributed by atoms with E-state index in [0.717, 1.165) is 11.1 Å². The summed E-state index contributed by atoms with van der Waals surface area (Å²) in [7, 11) is 9.62. The normalized spacial score (nSPS) is 24.1. The van der Waals surface area contributed by atoms with E-state index < -0.39 is 0 Å². The van der Waals surface area contributed by atoms with Crippen LogP contribution in [0.1, 0.15) is 23.3 Å². The Bertz CT molecular complexity index is 832. The van der Waals surface area contributed by atoms with Gasteiger partial charge in [-0.3, -0.25) is 0 Å². The second-order valence-corrected chi connectivity index (χ2v) is 7.75.